The molecule has 71 heavy (non-hydrogen) atoms. The van der Waals surface area contributed by atoms with Gasteiger partial charge in [-0.05, 0) is 110 Å². The number of Topliss-reactive ketones (excluding diaryl/α,β-unsaturated/α-hetero) is 2. The van der Waals surface area contributed by atoms with Crippen molar-refractivity contribution in [2.75, 3.05) is 37.1 Å². The van der Waals surface area contributed by atoms with Gasteiger partial charge in [-0.3, -0.25) is 25.0 Å². The second-order valence-corrected chi connectivity index (χ2v) is 26.2. The highest BCUT2D eigenvalue weighted by molar-refractivity contribution is 6.74. The van der Waals surface area contributed by atoms with Crippen molar-refractivity contribution in [3.8, 4) is 22.6 Å². The normalized spacial score (nSPS) is 17.6. The zero-order valence-electron chi connectivity index (χ0n) is 43.0. The van der Waals surface area contributed by atoms with E-state index in [9.17, 15) is 29.1 Å². The smallest absolute Gasteiger partial charge is 0.417 e. The molecule has 0 saturated heterocycles. The Morgan fingerprint density at radius 1 is 0.845 bits per heavy atom. The predicted octanol–water partition coefficient (Wildman–Crippen LogP) is 9.22. The number of rotatable bonds is 17. The van der Waals surface area contributed by atoms with Gasteiger partial charge in [0.15, 0.2) is 31.8 Å². The third kappa shape index (κ3) is 11.3. The molecule has 7 rings (SSSR count). The molecule has 3 aliphatic rings. The first-order valence-corrected chi connectivity index (χ1v) is 27.2. The maximum atomic E-state index is 14.6. The number of amides is 2. The molecule has 2 heterocycles. The Hall–Kier alpha value is -6.33. The SMILES string of the molecule is COc1cc2c(cc1O)N(C(=O)OC(C)(C)C)[C@@H](O[Si](C)(C)C(C)(C)C)C1CC(c3ccc(NCN[C@@H](C)C(=O)CN[C@H](C(=O)C(=O)OCC4c5ccccc5-c5ccccc54)C(C)C)cc3)=CN1C2=O. The molecule has 0 aromatic heterocycles. The number of nitrogens with zero attached hydrogens (tertiary/aromatic N) is 2. The molecule has 378 valence electrons. The Kier molecular flexibility index (Phi) is 15.4. The molecule has 0 bridgehead atoms. The van der Waals surface area contributed by atoms with Crippen LogP contribution in [0.1, 0.15) is 102 Å². The number of phenolic OH excluding ortho intramolecular Hbond substituents is 1. The van der Waals surface area contributed by atoms with E-state index in [4.69, 9.17) is 18.6 Å². The molecule has 1 unspecified atom stereocenters. The van der Waals surface area contributed by atoms with Crippen LogP contribution in [0.2, 0.25) is 18.1 Å². The summed E-state index contributed by atoms with van der Waals surface area (Å²) >= 11 is 0. The quantitative estimate of drug-likeness (QED) is 0.0340. The number of ether oxygens (including phenoxy) is 3. The van der Waals surface area contributed by atoms with Crippen LogP contribution in [-0.4, -0.2) is 105 Å². The Labute approximate surface area is 418 Å². The van der Waals surface area contributed by atoms with Crippen LogP contribution in [0.3, 0.4) is 0 Å². The van der Waals surface area contributed by atoms with E-state index in [0.29, 0.717) is 6.42 Å². The van der Waals surface area contributed by atoms with Crippen LogP contribution in [0.25, 0.3) is 16.7 Å². The zero-order valence-corrected chi connectivity index (χ0v) is 44.0. The third-order valence-electron chi connectivity index (χ3n) is 13.9. The van der Waals surface area contributed by atoms with E-state index in [-0.39, 0.29) is 65.2 Å². The number of esters is 1. The van der Waals surface area contributed by atoms with Gasteiger partial charge in [-0.1, -0.05) is 95.3 Å². The van der Waals surface area contributed by atoms with E-state index in [1.165, 1.54) is 24.1 Å². The molecule has 0 fully saturated rings. The minimum absolute atomic E-state index is 0.0276. The molecule has 16 heteroatoms. The van der Waals surface area contributed by atoms with E-state index >= 15 is 0 Å². The molecule has 0 radical (unpaired) electrons. The summed E-state index contributed by atoms with van der Waals surface area (Å²) in [7, 11) is -1.25. The van der Waals surface area contributed by atoms with Crippen molar-refractivity contribution >= 4 is 54.8 Å². The lowest BCUT2D eigenvalue weighted by molar-refractivity contribution is -0.155. The Balaban J connectivity index is 0.981. The highest BCUT2D eigenvalue weighted by Gasteiger charge is 2.51. The van der Waals surface area contributed by atoms with Crippen LogP contribution >= 0.6 is 0 Å². The third-order valence-corrected chi connectivity index (χ3v) is 18.4. The summed E-state index contributed by atoms with van der Waals surface area (Å²) < 4.78 is 24.1. The molecule has 4 aromatic carbocycles. The largest absolute Gasteiger partial charge is 0.504 e. The number of ketones is 2. The summed E-state index contributed by atoms with van der Waals surface area (Å²) in [6.45, 7) is 21.3. The number of methoxy groups -OCH3 is 1. The van der Waals surface area contributed by atoms with Gasteiger partial charge in [0.25, 0.3) is 11.7 Å². The van der Waals surface area contributed by atoms with Crippen molar-refractivity contribution in [1.29, 1.82) is 0 Å². The number of carbonyl (C=O) groups is 5. The number of nitrogens with one attached hydrogen (secondary N) is 3. The predicted molar refractivity (Wildman–Crippen MR) is 277 cm³/mol. The summed E-state index contributed by atoms with van der Waals surface area (Å²) in [5.74, 6) is -2.86. The highest BCUT2D eigenvalue weighted by Crippen LogP contribution is 2.47. The van der Waals surface area contributed by atoms with Gasteiger partial charge in [-0.25, -0.2) is 14.5 Å². The molecule has 1 aliphatic carbocycles. The monoisotopic (exact) mass is 987 g/mol. The molecular weight excluding hydrogens is 919 g/mol. The second kappa shape index (κ2) is 20.8. The fourth-order valence-electron chi connectivity index (χ4n) is 8.96. The molecule has 2 aliphatic heterocycles. The number of aromatic hydroxyl groups is 1. The van der Waals surface area contributed by atoms with Crippen molar-refractivity contribution in [3.63, 3.8) is 0 Å². The average Bonchev–Trinajstić information content (AvgIpc) is 3.87. The molecule has 4 aromatic rings. The molecule has 0 spiro atoms. The number of benzene rings is 4. The number of anilines is 2. The molecule has 4 N–H and O–H groups in total. The van der Waals surface area contributed by atoms with Gasteiger partial charge in [0.2, 0.25) is 0 Å². The summed E-state index contributed by atoms with van der Waals surface area (Å²) in [6, 6.07) is 24.3. The standard InChI is InChI=1S/C55H69N5O10Si/c1-32(2)48(49(63)52(65)68-30-42-39-19-15-13-17-37(39)38-18-14-16-20-40(38)42)56-28-46(62)33(3)57-31-58-36-23-21-34(22-24-36)35-25-44-51(70-71(11,12)55(7,8)9)60(53(66)69-54(4,5)6)43-27-45(61)47(67-10)26-41(43)50(64)59(44)29-35/h13-24,26-27,29,32-33,42,44,48,51,56-58,61H,25,28,30-31H2,1-12H3/t33-,44?,48-,51-/m0/s1. The van der Waals surface area contributed by atoms with Crippen molar-refractivity contribution < 1.29 is 47.7 Å². The zero-order chi connectivity index (χ0) is 51.7. The van der Waals surface area contributed by atoms with Gasteiger partial charge in [0.1, 0.15) is 12.2 Å². The molecule has 15 nitrogen and oxygen atoms in total. The fraction of sp³-hybridized carbons (Fsp3) is 0.436. The average molecular weight is 988 g/mol. The number of phenols is 1. The lowest BCUT2D eigenvalue weighted by Gasteiger charge is -2.44. The summed E-state index contributed by atoms with van der Waals surface area (Å²) in [5, 5.41) is 20.2. The number of carbonyl (C=O) groups excluding carboxylic acids is 5. The minimum Gasteiger partial charge on any atom is -0.504 e. The summed E-state index contributed by atoms with van der Waals surface area (Å²) in [6.07, 6.45) is 0.449. The van der Waals surface area contributed by atoms with Crippen molar-refractivity contribution in [2.45, 2.75) is 123 Å². The van der Waals surface area contributed by atoms with Gasteiger partial charge >= 0.3 is 12.1 Å². The van der Waals surface area contributed by atoms with E-state index in [1.807, 2.05) is 86.6 Å². The van der Waals surface area contributed by atoms with Crippen LogP contribution in [0.5, 0.6) is 11.5 Å². The van der Waals surface area contributed by atoms with Crippen LogP contribution in [0, 0.1) is 5.92 Å². The first kappa shape index (κ1) is 52.5. The van der Waals surface area contributed by atoms with E-state index < -0.39 is 62.0 Å². The van der Waals surface area contributed by atoms with Crippen LogP contribution in [-0.2, 0) is 28.3 Å². The molecule has 2 amide bonds. The first-order valence-electron chi connectivity index (χ1n) is 24.3. The van der Waals surface area contributed by atoms with Gasteiger partial charge in [-0.2, -0.15) is 0 Å². The molecular formula is C55H69N5O10Si. The van der Waals surface area contributed by atoms with Gasteiger partial charge in [0.05, 0.1) is 49.7 Å². The van der Waals surface area contributed by atoms with E-state index in [0.717, 1.165) is 39.1 Å². The second-order valence-electron chi connectivity index (χ2n) is 21.4. The maximum Gasteiger partial charge on any atom is 0.417 e. The van der Waals surface area contributed by atoms with Gasteiger partial charge in [0, 0.05) is 23.9 Å². The Morgan fingerprint density at radius 3 is 2.04 bits per heavy atom. The Bertz CT molecular complexity index is 2660. The topological polar surface area (TPSA) is 185 Å². The van der Waals surface area contributed by atoms with Crippen molar-refractivity contribution in [1.82, 2.24) is 15.5 Å². The number of hydrogen-bond acceptors (Lipinski definition) is 13. The summed E-state index contributed by atoms with van der Waals surface area (Å²) in [4.78, 5) is 71.9. The highest BCUT2D eigenvalue weighted by atomic mass is 28.4. The van der Waals surface area contributed by atoms with Gasteiger partial charge < -0.3 is 34.0 Å². The van der Waals surface area contributed by atoms with Crippen molar-refractivity contribution in [3.05, 3.63) is 113 Å². The van der Waals surface area contributed by atoms with Crippen molar-refractivity contribution in [2.24, 2.45) is 5.92 Å². The lowest BCUT2D eigenvalue weighted by Crippen LogP contribution is -2.58. The van der Waals surface area contributed by atoms with E-state index in [1.54, 1.807) is 38.8 Å². The minimum atomic E-state index is -2.65. The first-order chi connectivity index (χ1) is 33.4. The number of hydrogen-bond donors (Lipinski definition) is 4. The lowest BCUT2D eigenvalue weighted by atomic mass is 9.97. The molecule has 0 saturated carbocycles. The van der Waals surface area contributed by atoms with Crippen LogP contribution in [0.4, 0.5) is 16.2 Å². The van der Waals surface area contributed by atoms with E-state index in [2.05, 4.69) is 49.8 Å². The van der Waals surface area contributed by atoms with Crippen LogP contribution < -0.4 is 25.6 Å². The van der Waals surface area contributed by atoms with Gasteiger partial charge in [-0.15, -0.1) is 0 Å². The maximum absolute atomic E-state index is 14.6. The summed E-state index contributed by atoms with van der Waals surface area (Å²) in [5.41, 5.74) is 6.17. The molecule has 4 atom stereocenters. The fourth-order valence-corrected chi connectivity index (χ4v) is 10.2. The Morgan fingerprint density at radius 2 is 1.46 bits per heavy atom. The number of fused-ring (bicyclic) bond motifs is 5. The van der Waals surface area contributed by atoms with Crippen LogP contribution in [0.15, 0.2) is 91.1 Å².